The second-order valence-electron chi connectivity index (χ2n) is 5.49. The molecule has 0 bridgehead atoms. The molecule has 5 nitrogen and oxygen atoms in total. The Morgan fingerprint density at radius 3 is 2.91 bits per heavy atom. The summed E-state index contributed by atoms with van der Waals surface area (Å²) in [6.45, 7) is 0.884. The predicted octanol–water partition coefficient (Wildman–Crippen LogP) is 2.64. The topological polar surface area (TPSA) is 68.5 Å². The van der Waals surface area contributed by atoms with E-state index in [0.29, 0.717) is 5.56 Å². The maximum Gasteiger partial charge on any atom is 0.183 e. The molecule has 1 unspecified atom stereocenters. The number of hydrogen-bond acceptors (Lipinski definition) is 5. The second-order valence-corrected chi connectivity index (χ2v) is 5.49. The highest BCUT2D eigenvalue weighted by Crippen LogP contribution is 2.22. The van der Waals surface area contributed by atoms with Gasteiger partial charge in [-0.05, 0) is 18.9 Å². The van der Waals surface area contributed by atoms with Crippen molar-refractivity contribution in [2.75, 3.05) is 6.54 Å². The van der Waals surface area contributed by atoms with Crippen molar-refractivity contribution in [1.29, 1.82) is 5.26 Å². The number of rotatable bonds is 3. The van der Waals surface area contributed by atoms with Crippen LogP contribution in [0.3, 0.4) is 0 Å². The first-order valence-electron chi connectivity index (χ1n) is 7.60. The molecule has 22 heavy (non-hydrogen) atoms. The normalized spacial score (nSPS) is 20.4. The average molecular weight is 294 g/mol. The number of nitriles is 1. The monoisotopic (exact) mass is 294 g/mol. The summed E-state index contributed by atoms with van der Waals surface area (Å²) in [5.41, 5.74) is 3.53. The van der Waals surface area contributed by atoms with Crippen molar-refractivity contribution < 1.29 is 4.79 Å². The van der Waals surface area contributed by atoms with Crippen LogP contribution in [0.4, 0.5) is 0 Å². The number of fused-ring (bicyclic) bond motifs is 1. The van der Waals surface area contributed by atoms with Crippen molar-refractivity contribution in [1.82, 2.24) is 10.3 Å². The van der Waals surface area contributed by atoms with E-state index in [9.17, 15) is 10.1 Å². The Hall–Kier alpha value is -2.61. The molecule has 1 saturated heterocycles. The van der Waals surface area contributed by atoms with Crippen LogP contribution in [0, 0.1) is 17.2 Å². The first-order valence-corrected chi connectivity index (χ1v) is 7.60. The number of amidine groups is 1. The fraction of sp³-hybridized carbons (Fsp3) is 0.353. The van der Waals surface area contributed by atoms with Gasteiger partial charge in [0.2, 0.25) is 0 Å². The summed E-state index contributed by atoms with van der Waals surface area (Å²) < 4.78 is 0. The standard InChI is InChI=1S/C17H18N4O/c18-12-14(17(22)13-7-3-1-4-8-13)11-16-20-19-15-9-5-2-6-10-21(15)16/h1,3-4,7-8,11,14,20H,2,5-6,9-10H2/b16-11-. The molecule has 0 amide bonds. The van der Waals surface area contributed by atoms with Gasteiger partial charge in [-0.25, -0.2) is 0 Å². The van der Waals surface area contributed by atoms with Crippen molar-refractivity contribution >= 4 is 11.6 Å². The molecule has 2 aliphatic rings. The SMILES string of the molecule is N#CC(/C=C1/NN=C2CCCCCN21)C(=O)c1ccccc1. The van der Waals surface area contributed by atoms with Crippen LogP contribution in [0.1, 0.15) is 36.0 Å². The lowest BCUT2D eigenvalue weighted by Gasteiger charge is -2.19. The van der Waals surface area contributed by atoms with Gasteiger partial charge in [-0.1, -0.05) is 36.8 Å². The lowest BCUT2D eigenvalue weighted by atomic mass is 9.98. The molecule has 112 valence electrons. The Morgan fingerprint density at radius 1 is 1.32 bits per heavy atom. The Labute approximate surface area is 129 Å². The molecule has 0 saturated carbocycles. The molecule has 0 aliphatic carbocycles. The van der Waals surface area contributed by atoms with E-state index in [1.807, 2.05) is 6.07 Å². The van der Waals surface area contributed by atoms with E-state index in [-0.39, 0.29) is 5.78 Å². The van der Waals surface area contributed by atoms with Crippen LogP contribution in [0.5, 0.6) is 0 Å². The largest absolute Gasteiger partial charge is 0.314 e. The molecule has 3 rings (SSSR count). The molecule has 2 aliphatic heterocycles. The van der Waals surface area contributed by atoms with Crippen LogP contribution in [0.15, 0.2) is 47.3 Å². The minimum absolute atomic E-state index is 0.180. The van der Waals surface area contributed by atoms with Crippen LogP contribution in [-0.2, 0) is 0 Å². The Kier molecular flexibility index (Phi) is 4.19. The molecule has 0 radical (unpaired) electrons. The van der Waals surface area contributed by atoms with E-state index in [4.69, 9.17) is 0 Å². The van der Waals surface area contributed by atoms with Gasteiger partial charge in [0.15, 0.2) is 5.78 Å². The molecule has 1 aromatic carbocycles. The minimum atomic E-state index is -0.803. The van der Waals surface area contributed by atoms with E-state index in [2.05, 4.69) is 21.5 Å². The highest BCUT2D eigenvalue weighted by molar-refractivity contribution is 6.00. The van der Waals surface area contributed by atoms with E-state index in [1.54, 1.807) is 30.3 Å². The van der Waals surface area contributed by atoms with Crippen molar-refractivity contribution in [3.63, 3.8) is 0 Å². The summed E-state index contributed by atoms with van der Waals surface area (Å²) in [5.74, 6) is 0.781. The van der Waals surface area contributed by atoms with Crippen LogP contribution in [0.25, 0.3) is 0 Å². The maximum atomic E-state index is 12.4. The van der Waals surface area contributed by atoms with Gasteiger partial charge >= 0.3 is 0 Å². The highest BCUT2D eigenvalue weighted by Gasteiger charge is 2.26. The van der Waals surface area contributed by atoms with Gasteiger partial charge in [0.25, 0.3) is 0 Å². The Balaban J connectivity index is 1.81. The zero-order chi connectivity index (χ0) is 15.4. The van der Waals surface area contributed by atoms with Gasteiger partial charge in [0.1, 0.15) is 17.6 Å². The van der Waals surface area contributed by atoms with E-state index >= 15 is 0 Å². The number of Topliss-reactive ketones (excluding diaryl/α,β-unsaturated/α-hetero) is 1. The number of nitrogens with one attached hydrogen (secondary N) is 1. The molecule has 1 aromatic rings. The number of carbonyl (C=O) groups excluding carboxylic acids is 1. The maximum absolute atomic E-state index is 12.4. The van der Waals surface area contributed by atoms with E-state index < -0.39 is 5.92 Å². The van der Waals surface area contributed by atoms with Gasteiger partial charge in [0, 0.05) is 18.5 Å². The van der Waals surface area contributed by atoms with Gasteiger partial charge in [-0.15, -0.1) is 0 Å². The number of ketones is 1. The molecule has 1 N–H and O–H groups in total. The van der Waals surface area contributed by atoms with Gasteiger partial charge in [-0.3, -0.25) is 10.2 Å². The molecular formula is C17H18N4O. The number of hydrazone groups is 1. The summed E-state index contributed by atoms with van der Waals surface area (Å²) >= 11 is 0. The summed E-state index contributed by atoms with van der Waals surface area (Å²) in [6, 6.07) is 11.0. The summed E-state index contributed by atoms with van der Waals surface area (Å²) in [6.07, 6.45) is 6.05. The number of benzene rings is 1. The summed E-state index contributed by atoms with van der Waals surface area (Å²) in [5, 5.41) is 13.7. The summed E-state index contributed by atoms with van der Waals surface area (Å²) in [7, 11) is 0. The van der Waals surface area contributed by atoms with Crippen molar-refractivity contribution in [3.8, 4) is 6.07 Å². The van der Waals surface area contributed by atoms with Crippen molar-refractivity contribution in [3.05, 3.63) is 47.8 Å². The van der Waals surface area contributed by atoms with Gasteiger partial charge < -0.3 is 4.90 Å². The zero-order valence-corrected chi connectivity index (χ0v) is 12.3. The van der Waals surface area contributed by atoms with Crippen LogP contribution >= 0.6 is 0 Å². The van der Waals surface area contributed by atoms with E-state index in [1.165, 1.54) is 6.42 Å². The summed E-state index contributed by atoms with van der Waals surface area (Å²) in [4.78, 5) is 14.5. The van der Waals surface area contributed by atoms with Crippen LogP contribution in [0.2, 0.25) is 0 Å². The number of nitrogens with zero attached hydrogens (tertiary/aromatic N) is 3. The first-order chi connectivity index (χ1) is 10.8. The molecule has 1 atom stereocenters. The number of hydrogen-bond donors (Lipinski definition) is 1. The third kappa shape index (κ3) is 2.86. The highest BCUT2D eigenvalue weighted by atomic mass is 16.1. The van der Waals surface area contributed by atoms with E-state index in [0.717, 1.165) is 37.5 Å². The third-order valence-electron chi connectivity index (χ3n) is 3.99. The predicted molar refractivity (Wildman–Crippen MR) is 83.7 cm³/mol. The van der Waals surface area contributed by atoms with Gasteiger partial charge in [-0.2, -0.15) is 10.4 Å². The second kappa shape index (κ2) is 6.44. The Bertz CT molecular complexity index is 657. The number of carbonyl (C=O) groups is 1. The third-order valence-corrected chi connectivity index (χ3v) is 3.99. The quantitative estimate of drug-likeness (QED) is 0.870. The lowest BCUT2D eigenvalue weighted by Crippen LogP contribution is -2.28. The molecule has 2 heterocycles. The minimum Gasteiger partial charge on any atom is -0.314 e. The molecule has 0 spiro atoms. The average Bonchev–Trinajstić information content (AvgIpc) is 2.79. The molecular weight excluding hydrogens is 276 g/mol. The Morgan fingerprint density at radius 2 is 2.14 bits per heavy atom. The lowest BCUT2D eigenvalue weighted by molar-refractivity contribution is 0.0967. The smallest absolute Gasteiger partial charge is 0.183 e. The molecule has 1 fully saturated rings. The molecule has 0 aromatic heterocycles. The first kappa shape index (κ1) is 14.3. The van der Waals surface area contributed by atoms with Gasteiger partial charge in [0.05, 0.1) is 6.07 Å². The molecule has 5 heteroatoms. The fourth-order valence-corrected chi connectivity index (χ4v) is 2.79. The fourth-order valence-electron chi connectivity index (χ4n) is 2.79. The van der Waals surface area contributed by atoms with Crippen LogP contribution < -0.4 is 5.43 Å². The van der Waals surface area contributed by atoms with Crippen LogP contribution in [-0.4, -0.2) is 23.1 Å². The van der Waals surface area contributed by atoms with Crippen molar-refractivity contribution in [2.24, 2.45) is 11.0 Å². The zero-order valence-electron chi connectivity index (χ0n) is 12.3. The number of allylic oxidation sites excluding steroid dienone is 1. The van der Waals surface area contributed by atoms with Crippen molar-refractivity contribution in [2.45, 2.75) is 25.7 Å².